The quantitative estimate of drug-likeness (QED) is 0.794. The third-order valence-electron chi connectivity index (χ3n) is 7.50. The van der Waals surface area contributed by atoms with E-state index < -0.39 is 0 Å². The number of nitrogens with zero attached hydrogens (tertiary/aromatic N) is 3. The van der Waals surface area contributed by atoms with Crippen LogP contribution in [0.2, 0.25) is 0 Å². The van der Waals surface area contributed by atoms with E-state index in [-0.39, 0.29) is 17.6 Å². The molecule has 31 heavy (non-hydrogen) atoms. The van der Waals surface area contributed by atoms with Crippen LogP contribution in [0.25, 0.3) is 0 Å². The number of hydrogen-bond acceptors (Lipinski definition) is 3. The fourth-order valence-corrected chi connectivity index (χ4v) is 5.34. The number of carbonyl (C=O) groups excluding carboxylic acids is 2. The molecule has 1 N–H and O–H groups in total. The number of amides is 2. The monoisotopic (exact) mass is 424 g/mol. The van der Waals surface area contributed by atoms with E-state index in [1.807, 2.05) is 7.05 Å². The van der Waals surface area contributed by atoms with E-state index in [0.717, 1.165) is 44.5 Å². The van der Waals surface area contributed by atoms with E-state index in [1.165, 1.54) is 31.4 Å². The van der Waals surface area contributed by atoms with Gasteiger partial charge in [0.1, 0.15) is 5.82 Å². The van der Waals surface area contributed by atoms with Gasteiger partial charge in [-0.05, 0) is 74.1 Å². The predicted molar refractivity (Wildman–Crippen MR) is 115 cm³/mol. The van der Waals surface area contributed by atoms with Crippen molar-refractivity contribution in [2.75, 3.05) is 18.4 Å². The van der Waals surface area contributed by atoms with Gasteiger partial charge < -0.3 is 10.2 Å². The van der Waals surface area contributed by atoms with Crippen LogP contribution in [-0.2, 0) is 18.3 Å². The number of likely N-dealkylation sites (tertiary alicyclic amines) is 1. The van der Waals surface area contributed by atoms with Crippen molar-refractivity contribution < 1.29 is 14.0 Å². The van der Waals surface area contributed by atoms with E-state index in [2.05, 4.69) is 15.3 Å². The van der Waals surface area contributed by atoms with E-state index in [0.29, 0.717) is 28.5 Å². The number of nitrogens with one attached hydrogen (secondary N) is 1. The van der Waals surface area contributed by atoms with Crippen LogP contribution in [-0.4, -0.2) is 39.6 Å². The molecule has 164 valence electrons. The summed E-state index contributed by atoms with van der Waals surface area (Å²) < 4.78 is 14.8. The third kappa shape index (κ3) is 3.98. The van der Waals surface area contributed by atoms with Crippen molar-refractivity contribution in [2.45, 2.75) is 44.9 Å². The molecule has 5 rings (SSSR count). The molecule has 2 aromatic rings. The number of piperidine rings is 1. The largest absolute Gasteiger partial charge is 0.342 e. The highest BCUT2D eigenvalue weighted by atomic mass is 19.1. The fourth-order valence-electron chi connectivity index (χ4n) is 5.34. The Bertz CT molecular complexity index is 988. The van der Waals surface area contributed by atoms with Crippen molar-refractivity contribution in [1.82, 2.24) is 14.7 Å². The van der Waals surface area contributed by atoms with Gasteiger partial charge in [0.2, 0.25) is 5.91 Å². The standard InChI is InChI=1S/C24H29FN4O2/c1-28-15-19(22(30)26-18-5-3-17(25)4-6-18)21(27-28)13-16-7-11-29(12-8-16)23(31)20-14-24(20)9-2-10-24/h3-6,15-16,20H,2,7-14H2,1H3,(H,26,30)/t20-/m1/s1. The van der Waals surface area contributed by atoms with Crippen LogP contribution < -0.4 is 5.32 Å². The Hall–Kier alpha value is -2.70. The molecule has 1 aromatic carbocycles. The summed E-state index contributed by atoms with van der Waals surface area (Å²) in [6.07, 6.45) is 9.21. The lowest BCUT2D eigenvalue weighted by atomic mass is 9.79. The molecule has 2 aliphatic carbocycles. The molecule has 3 fully saturated rings. The number of carbonyl (C=O) groups is 2. The maximum absolute atomic E-state index is 13.1. The average molecular weight is 425 g/mol. The molecule has 6 nitrogen and oxygen atoms in total. The van der Waals surface area contributed by atoms with Crippen molar-refractivity contribution >= 4 is 17.5 Å². The van der Waals surface area contributed by atoms with Crippen LogP contribution in [0.1, 0.15) is 54.6 Å². The molecule has 2 amide bonds. The Morgan fingerprint density at radius 2 is 1.90 bits per heavy atom. The van der Waals surface area contributed by atoms with Crippen LogP contribution in [0.15, 0.2) is 30.5 Å². The summed E-state index contributed by atoms with van der Waals surface area (Å²) in [6.45, 7) is 1.61. The molecule has 7 heteroatoms. The molecular formula is C24H29FN4O2. The van der Waals surface area contributed by atoms with Crippen LogP contribution >= 0.6 is 0 Å². The van der Waals surface area contributed by atoms with Crippen LogP contribution in [0.3, 0.4) is 0 Å². The van der Waals surface area contributed by atoms with Gasteiger partial charge in [-0.15, -0.1) is 0 Å². The van der Waals surface area contributed by atoms with Gasteiger partial charge in [0.25, 0.3) is 5.91 Å². The molecule has 2 heterocycles. The van der Waals surface area contributed by atoms with Crippen molar-refractivity contribution in [3.8, 4) is 0 Å². The van der Waals surface area contributed by atoms with Crippen molar-refractivity contribution in [3.05, 3.63) is 47.5 Å². The van der Waals surface area contributed by atoms with E-state index in [4.69, 9.17) is 0 Å². The van der Waals surface area contributed by atoms with Crippen LogP contribution in [0.5, 0.6) is 0 Å². The second-order valence-corrected chi connectivity index (χ2v) is 9.57. The Morgan fingerprint density at radius 3 is 2.52 bits per heavy atom. The minimum atomic E-state index is -0.338. The summed E-state index contributed by atoms with van der Waals surface area (Å²) in [5.74, 6) is 0.496. The highest BCUT2D eigenvalue weighted by molar-refractivity contribution is 6.04. The van der Waals surface area contributed by atoms with Crippen LogP contribution in [0, 0.1) is 23.1 Å². The van der Waals surface area contributed by atoms with Crippen molar-refractivity contribution in [2.24, 2.45) is 24.3 Å². The molecule has 0 radical (unpaired) electrons. The Kier molecular flexibility index (Phi) is 5.07. The van der Waals surface area contributed by atoms with Gasteiger partial charge in [-0.1, -0.05) is 6.42 Å². The lowest BCUT2D eigenvalue weighted by molar-refractivity contribution is -0.135. The number of aryl methyl sites for hydroxylation is 1. The molecule has 0 unspecified atom stereocenters. The zero-order valence-electron chi connectivity index (χ0n) is 17.9. The third-order valence-corrected chi connectivity index (χ3v) is 7.50. The zero-order valence-corrected chi connectivity index (χ0v) is 17.9. The SMILES string of the molecule is Cn1cc(C(=O)Nc2ccc(F)cc2)c(CC2CCN(C(=O)[C@H]3CC34CCC4)CC2)n1. The summed E-state index contributed by atoms with van der Waals surface area (Å²) in [7, 11) is 1.81. The highest BCUT2D eigenvalue weighted by Crippen LogP contribution is 2.66. The maximum atomic E-state index is 13.1. The topological polar surface area (TPSA) is 67.2 Å². The smallest absolute Gasteiger partial charge is 0.259 e. The molecule has 0 bridgehead atoms. The molecule has 1 aromatic heterocycles. The number of hydrogen-bond donors (Lipinski definition) is 1. The van der Waals surface area contributed by atoms with Crippen molar-refractivity contribution in [1.29, 1.82) is 0 Å². The van der Waals surface area contributed by atoms with E-state index in [1.54, 1.807) is 23.0 Å². The number of anilines is 1. The molecule has 1 atom stereocenters. The number of rotatable bonds is 5. The Labute approximate surface area is 181 Å². The van der Waals surface area contributed by atoms with Crippen molar-refractivity contribution in [3.63, 3.8) is 0 Å². The van der Waals surface area contributed by atoms with Gasteiger partial charge in [-0.3, -0.25) is 14.3 Å². The summed E-state index contributed by atoms with van der Waals surface area (Å²) in [5, 5.41) is 7.35. The van der Waals surface area contributed by atoms with Gasteiger partial charge in [0, 0.05) is 37.9 Å². The molecular weight excluding hydrogens is 395 g/mol. The van der Waals surface area contributed by atoms with Gasteiger partial charge in [0.15, 0.2) is 0 Å². The summed E-state index contributed by atoms with van der Waals surface area (Å²) >= 11 is 0. The minimum Gasteiger partial charge on any atom is -0.342 e. The summed E-state index contributed by atoms with van der Waals surface area (Å²) in [6, 6.07) is 5.74. The lowest BCUT2D eigenvalue weighted by Gasteiger charge is -2.34. The first-order valence-electron chi connectivity index (χ1n) is 11.3. The van der Waals surface area contributed by atoms with Crippen LogP contribution in [0.4, 0.5) is 10.1 Å². The molecule has 2 saturated carbocycles. The summed E-state index contributed by atoms with van der Waals surface area (Å²) in [5.41, 5.74) is 2.27. The first-order chi connectivity index (χ1) is 14.9. The second kappa shape index (κ2) is 7.77. The van der Waals surface area contributed by atoms with Gasteiger partial charge in [-0.2, -0.15) is 5.10 Å². The zero-order chi connectivity index (χ0) is 21.6. The Morgan fingerprint density at radius 1 is 1.19 bits per heavy atom. The molecule has 3 aliphatic rings. The second-order valence-electron chi connectivity index (χ2n) is 9.57. The minimum absolute atomic E-state index is 0.234. The Balaban J connectivity index is 1.18. The number of aromatic nitrogens is 2. The van der Waals surface area contributed by atoms with E-state index >= 15 is 0 Å². The number of benzene rings is 1. The predicted octanol–water partition coefficient (Wildman–Crippen LogP) is 3.78. The first kappa shape index (κ1) is 20.2. The molecule has 1 saturated heterocycles. The fraction of sp³-hybridized carbons (Fsp3) is 0.542. The first-order valence-corrected chi connectivity index (χ1v) is 11.3. The number of halogens is 1. The average Bonchev–Trinajstić information content (AvgIpc) is 3.41. The summed E-state index contributed by atoms with van der Waals surface area (Å²) in [4.78, 5) is 27.7. The van der Waals surface area contributed by atoms with Gasteiger partial charge >= 0.3 is 0 Å². The highest BCUT2D eigenvalue weighted by Gasteiger charge is 2.61. The maximum Gasteiger partial charge on any atom is 0.259 e. The molecule has 1 aliphatic heterocycles. The molecule has 1 spiro atoms. The van der Waals surface area contributed by atoms with E-state index in [9.17, 15) is 14.0 Å². The normalized spacial score (nSPS) is 22.3. The van der Waals surface area contributed by atoms with Gasteiger partial charge in [0.05, 0.1) is 11.3 Å². The van der Waals surface area contributed by atoms with Gasteiger partial charge in [-0.25, -0.2) is 4.39 Å². The lowest BCUT2D eigenvalue weighted by Crippen LogP contribution is -2.41.